The molecule has 1 aliphatic heterocycles. The maximum atomic E-state index is 14.2. The van der Waals surface area contributed by atoms with Crippen LogP contribution in [-0.4, -0.2) is 58.1 Å². The van der Waals surface area contributed by atoms with Gasteiger partial charge in [0.15, 0.2) is 0 Å². The van der Waals surface area contributed by atoms with Crippen molar-refractivity contribution in [1.29, 1.82) is 0 Å². The highest BCUT2D eigenvalue weighted by Crippen LogP contribution is 2.23. The number of halogens is 1. The molecule has 4 rings (SSSR count). The van der Waals surface area contributed by atoms with Crippen LogP contribution in [-0.2, 0) is 21.2 Å². The highest BCUT2D eigenvalue weighted by Gasteiger charge is 2.32. The SMILES string of the molecule is CCOc1ccc(S(=O)(=O)N[C@H](Cc2ccccc2)C(=O)N2CCN(c3ccccc3F)CC2)cc1C. The number of hydrogen-bond acceptors (Lipinski definition) is 5. The third-order valence-corrected chi connectivity index (χ3v) is 7.89. The van der Waals surface area contributed by atoms with E-state index in [1.807, 2.05) is 42.2 Å². The Bertz CT molecular complexity index is 1330. The molecule has 0 unspecified atom stereocenters. The van der Waals surface area contributed by atoms with Crippen molar-refractivity contribution in [2.24, 2.45) is 0 Å². The van der Waals surface area contributed by atoms with Crippen molar-refractivity contribution in [1.82, 2.24) is 9.62 Å². The fourth-order valence-electron chi connectivity index (χ4n) is 4.49. The van der Waals surface area contributed by atoms with E-state index >= 15 is 0 Å². The number of anilines is 1. The Morgan fingerprint density at radius 2 is 1.68 bits per heavy atom. The summed E-state index contributed by atoms with van der Waals surface area (Å²) in [5.41, 5.74) is 2.04. The van der Waals surface area contributed by atoms with Crippen molar-refractivity contribution in [3.8, 4) is 5.75 Å². The van der Waals surface area contributed by atoms with Gasteiger partial charge in [0.2, 0.25) is 15.9 Å². The summed E-state index contributed by atoms with van der Waals surface area (Å²) in [6, 6.07) is 19.5. The Morgan fingerprint density at radius 3 is 2.32 bits per heavy atom. The summed E-state index contributed by atoms with van der Waals surface area (Å²) in [4.78, 5) is 17.2. The number of aryl methyl sites for hydroxylation is 1. The predicted molar refractivity (Wildman–Crippen MR) is 142 cm³/mol. The van der Waals surface area contributed by atoms with Gasteiger partial charge in [-0.1, -0.05) is 42.5 Å². The van der Waals surface area contributed by atoms with Gasteiger partial charge in [-0.15, -0.1) is 0 Å². The number of rotatable bonds is 9. The maximum Gasteiger partial charge on any atom is 0.241 e. The molecule has 0 saturated carbocycles. The summed E-state index contributed by atoms with van der Waals surface area (Å²) < 4.78 is 49.1. The summed E-state index contributed by atoms with van der Waals surface area (Å²) in [5.74, 6) is 0.0111. The maximum absolute atomic E-state index is 14.2. The highest BCUT2D eigenvalue weighted by atomic mass is 32.2. The molecule has 1 heterocycles. The van der Waals surface area contributed by atoms with Gasteiger partial charge in [0, 0.05) is 26.2 Å². The van der Waals surface area contributed by atoms with Gasteiger partial charge in [0.05, 0.1) is 17.2 Å². The molecule has 3 aromatic carbocycles. The van der Waals surface area contributed by atoms with Crippen molar-refractivity contribution in [3.63, 3.8) is 0 Å². The third-order valence-electron chi connectivity index (χ3n) is 6.42. The lowest BCUT2D eigenvalue weighted by Crippen LogP contribution is -2.55. The van der Waals surface area contributed by atoms with Crippen LogP contribution in [0.25, 0.3) is 0 Å². The van der Waals surface area contributed by atoms with E-state index in [0.717, 1.165) is 5.56 Å². The molecule has 3 aromatic rings. The summed E-state index contributed by atoms with van der Waals surface area (Å²) in [5, 5.41) is 0. The Balaban J connectivity index is 1.52. The van der Waals surface area contributed by atoms with Crippen LogP contribution in [0.4, 0.5) is 10.1 Å². The van der Waals surface area contributed by atoms with Crippen molar-refractivity contribution in [2.75, 3.05) is 37.7 Å². The highest BCUT2D eigenvalue weighted by molar-refractivity contribution is 7.89. The number of para-hydroxylation sites is 1. The topological polar surface area (TPSA) is 78.9 Å². The number of nitrogens with zero attached hydrogens (tertiary/aromatic N) is 2. The fourth-order valence-corrected chi connectivity index (χ4v) is 5.76. The van der Waals surface area contributed by atoms with E-state index in [0.29, 0.717) is 49.8 Å². The number of piperazine rings is 1. The molecule has 1 aliphatic rings. The fraction of sp³-hybridized carbons (Fsp3) is 0.321. The van der Waals surface area contributed by atoms with Crippen molar-refractivity contribution in [2.45, 2.75) is 31.2 Å². The molecule has 1 fully saturated rings. The Labute approximate surface area is 217 Å². The zero-order chi connectivity index (χ0) is 26.4. The Hall–Kier alpha value is -3.43. The number of carbonyl (C=O) groups is 1. The first kappa shape index (κ1) is 26.6. The van der Waals surface area contributed by atoms with Crippen LogP contribution in [0.3, 0.4) is 0 Å². The molecule has 37 heavy (non-hydrogen) atoms. The number of hydrogen-bond donors (Lipinski definition) is 1. The molecule has 7 nitrogen and oxygen atoms in total. The first-order valence-electron chi connectivity index (χ1n) is 12.4. The first-order valence-corrected chi connectivity index (χ1v) is 13.8. The van der Waals surface area contributed by atoms with Gasteiger partial charge < -0.3 is 14.5 Å². The second kappa shape index (κ2) is 11.7. The molecule has 0 aromatic heterocycles. The summed E-state index contributed by atoms with van der Waals surface area (Å²) in [6.45, 7) is 5.76. The molecular formula is C28H32FN3O4S. The van der Waals surface area contributed by atoms with Gasteiger partial charge >= 0.3 is 0 Å². The minimum Gasteiger partial charge on any atom is -0.494 e. The average Bonchev–Trinajstić information content (AvgIpc) is 2.90. The molecule has 0 bridgehead atoms. The number of ether oxygens (including phenoxy) is 1. The van der Waals surface area contributed by atoms with Gasteiger partial charge in [-0.25, -0.2) is 12.8 Å². The molecule has 0 aliphatic carbocycles. The van der Waals surface area contributed by atoms with E-state index < -0.39 is 16.1 Å². The second-order valence-corrected chi connectivity index (χ2v) is 10.7. The molecule has 1 atom stereocenters. The molecule has 1 saturated heterocycles. The lowest BCUT2D eigenvalue weighted by molar-refractivity contribution is -0.133. The molecule has 0 radical (unpaired) electrons. The smallest absolute Gasteiger partial charge is 0.241 e. The predicted octanol–water partition coefficient (Wildman–Crippen LogP) is 3.77. The lowest BCUT2D eigenvalue weighted by Gasteiger charge is -2.37. The molecule has 1 N–H and O–H groups in total. The number of nitrogens with one attached hydrogen (secondary N) is 1. The number of sulfonamides is 1. The van der Waals surface area contributed by atoms with E-state index in [1.54, 1.807) is 42.2 Å². The van der Waals surface area contributed by atoms with E-state index in [2.05, 4.69) is 4.72 Å². The van der Waals surface area contributed by atoms with Crippen molar-refractivity contribution < 1.29 is 22.3 Å². The van der Waals surface area contributed by atoms with Crippen LogP contribution < -0.4 is 14.4 Å². The minimum absolute atomic E-state index is 0.0729. The molecular weight excluding hydrogens is 493 g/mol. The van der Waals surface area contributed by atoms with Crippen LogP contribution in [0.15, 0.2) is 77.7 Å². The number of carbonyl (C=O) groups excluding carboxylic acids is 1. The normalized spacial score (nSPS) is 14.9. The third kappa shape index (κ3) is 6.47. The Morgan fingerprint density at radius 1 is 1.00 bits per heavy atom. The summed E-state index contributed by atoms with van der Waals surface area (Å²) >= 11 is 0. The van der Waals surface area contributed by atoms with Crippen molar-refractivity contribution >= 4 is 21.6 Å². The number of amides is 1. The van der Waals surface area contributed by atoms with Crippen LogP contribution in [0.1, 0.15) is 18.1 Å². The van der Waals surface area contributed by atoms with E-state index in [1.165, 1.54) is 12.1 Å². The summed E-state index contributed by atoms with van der Waals surface area (Å²) in [7, 11) is -3.99. The molecule has 9 heteroatoms. The average molecular weight is 526 g/mol. The minimum atomic E-state index is -3.99. The van der Waals surface area contributed by atoms with Gasteiger partial charge in [-0.2, -0.15) is 4.72 Å². The van der Waals surface area contributed by atoms with Gasteiger partial charge in [-0.3, -0.25) is 4.79 Å². The van der Waals surface area contributed by atoms with E-state index in [-0.39, 0.29) is 23.0 Å². The van der Waals surface area contributed by atoms with E-state index in [9.17, 15) is 17.6 Å². The van der Waals surface area contributed by atoms with Crippen LogP contribution in [0.5, 0.6) is 5.75 Å². The number of benzene rings is 3. The zero-order valence-electron chi connectivity index (χ0n) is 21.1. The standard InChI is InChI=1S/C28H32FN3O4S/c1-3-36-27-14-13-23(19-21(27)2)37(34,35)30-25(20-22-9-5-4-6-10-22)28(33)32-17-15-31(16-18-32)26-12-8-7-11-24(26)29/h4-14,19,25,30H,3,15-18,20H2,1-2H3/t25-/m1/s1. The van der Waals surface area contributed by atoms with Crippen LogP contribution >= 0.6 is 0 Å². The second-order valence-electron chi connectivity index (χ2n) is 8.99. The van der Waals surface area contributed by atoms with Gasteiger partial charge in [0.25, 0.3) is 0 Å². The van der Waals surface area contributed by atoms with E-state index in [4.69, 9.17) is 4.74 Å². The Kier molecular flexibility index (Phi) is 8.45. The molecule has 1 amide bonds. The van der Waals surface area contributed by atoms with Gasteiger partial charge in [-0.05, 0) is 61.7 Å². The van der Waals surface area contributed by atoms with Crippen molar-refractivity contribution in [3.05, 3.63) is 89.7 Å². The first-order chi connectivity index (χ1) is 17.8. The van der Waals surface area contributed by atoms with Gasteiger partial charge in [0.1, 0.15) is 17.6 Å². The molecule has 0 spiro atoms. The molecule has 196 valence electrons. The summed E-state index contributed by atoms with van der Waals surface area (Å²) in [6.07, 6.45) is 0.211. The lowest BCUT2D eigenvalue weighted by atomic mass is 10.1. The monoisotopic (exact) mass is 525 g/mol. The zero-order valence-corrected chi connectivity index (χ0v) is 21.9. The van der Waals surface area contributed by atoms with Crippen LogP contribution in [0, 0.1) is 12.7 Å². The van der Waals surface area contributed by atoms with Crippen LogP contribution in [0.2, 0.25) is 0 Å². The largest absolute Gasteiger partial charge is 0.494 e. The quantitative estimate of drug-likeness (QED) is 0.460.